The lowest BCUT2D eigenvalue weighted by molar-refractivity contribution is 0.0954. The van der Waals surface area contributed by atoms with E-state index >= 15 is 0 Å². The van der Waals surface area contributed by atoms with E-state index in [4.69, 9.17) is 5.73 Å². The Bertz CT molecular complexity index is 546. The van der Waals surface area contributed by atoms with Crippen LogP contribution in [0.4, 0.5) is 0 Å². The van der Waals surface area contributed by atoms with Crippen molar-refractivity contribution in [1.29, 1.82) is 0 Å². The highest BCUT2D eigenvalue weighted by Crippen LogP contribution is 2.11. The summed E-state index contributed by atoms with van der Waals surface area (Å²) in [5.74, 6) is -0.269. The number of rotatable bonds is 7. The minimum Gasteiger partial charge on any atom is -0.351 e. The van der Waals surface area contributed by atoms with Gasteiger partial charge in [-0.15, -0.1) is 12.4 Å². The Morgan fingerprint density at radius 3 is 2.33 bits per heavy atom. The first-order chi connectivity index (χ1) is 9.40. The van der Waals surface area contributed by atoms with Crippen molar-refractivity contribution in [3.8, 4) is 0 Å². The van der Waals surface area contributed by atoms with E-state index in [1.807, 2.05) is 6.92 Å². The Kier molecular flexibility index (Phi) is 8.50. The third-order valence-corrected chi connectivity index (χ3v) is 4.43. The highest BCUT2D eigenvalue weighted by Gasteiger charge is 2.16. The molecule has 1 aromatic carbocycles. The van der Waals surface area contributed by atoms with Crippen LogP contribution in [0.5, 0.6) is 0 Å². The molecule has 6 nitrogen and oxygen atoms in total. The predicted molar refractivity (Wildman–Crippen MR) is 85.2 cm³/mol. The van der Waals surface area contributed by atoms with Crippen LogP contribution >= 0.6 is 12.4 Å². The zero-order valence-corrected chi connectivity index (χ0v) is 13.8. The van der Waals surface area contributed by atoms with Crippen molar-refractivity contribution in [1.82, 2.24) is 10.0 Å². The molecular formula is C13H22ClN3O3S. The van der Waals surface area contributed by atoms with Crippen LogP contribution in [0.1, 0.15) is 30.6 Å². The number of carbonyl (C=O) groups excluding carboxylic acids is 1. The Labute approximate surface area is 132 Å². The Morgan fingerprint density at radius 2 is 1.86 bits per heavy atom. The number of nitrogens with one attached hydrogen (secondary N) is 2. The van der Waals surface area contributed by atoms with Crippen LogP contribution in [-0.2, 0) is 10.0 Å². The van der Waals surface area contributed by atoms with E-state index in [1.165, 1.54) is 24.3 Å². The summed E-state index contributed by atoms with van der Waals surface area (Å²) in [6.07, 6.45) is 0.707. The summed E-state index contributed by atoms with van der Waals surface area (Å²) in [6, 6.07) is 5.67. The molecule has 120 valence electrons. The van der Waals surface area contributed by atoms with Crippen molar-refractivity contribution in [2.24, 2.45) is 5.73 Å². The van der Waals surface area contributed by atoms with Crippen LogP contribution in [0.3, 0.4) is 0 Å². The van der Waals surface area contributed by atoms with E-state index in [0.717, 1.165) is 0 Å². The first-order valence-electron chi connectivity index (χ1n) is 6.51. The van der Waals surface area contributed by atoms with Gasteiger partial charge in [-0.25, -0.2) is 13.1 Å². The van der Waals surface area contributed by atoms with Gasteiger partial charge in [0.2, 0.25) is 10.0 Å². The number of benzene rings is 1. The van der Waals surface area contributed by atoms with Crippen molar-refractivity contribution in [3.05, 3.63) is 29.8 Å². The van der Waals surface area contributed by atoms with Crippen LogP contribution < -0.4 is 15.8 Å². The number of hydrogen-bond acceptors (Lipinski definition) is 4. The molecule has 21 heavy (non-hydrogen) atoms. The minimum absolute atomic E-state index is 0. The van der Waals surface area contributed by atoms with Crippen LogP contribution in [-0.4, -0.2) is 33.5 Å². The molecule has 1 atom stereocenters. The van der Waals surface area contributed by atoms with Gasteiger partial charge in [0.1, 0.15) is 0 Å². The molecule has 0 aliphatic heterocycles. The maximum Gasteiger partial charge on any atom is 0.251 e. The molecule has 0 aliphatic carbocycles. The summed E-state index contributed by atoms with van der Waals surface area (Å²) >= 11 is 0. The van der Waals surface area contributed by atoms with E-state index in [-0.39, 0.29) is 29.3 Å². The fourth-order valence-corrected chi connectivity index (χ4v) is 2.82. The minimum atomic E-state index is -3.53. The standard InChI is InChI=1S/C13H21N3O3S.ClH/c1-3-10(2)16-20(18,19)12-6-4-11(5-7-12)13(17)15-9-8-14;/h4-7,10,16H,3,8-9,14H2,1-2H3,(H,15,17);1H. The lowest BCUT2D eigenvalue weighted by Gasteiger charge is -2.12. The quantitative estimate of drug-likeness (QED) is 0.688. The molecule has 1 aromatic rings. The zero-order valence-electron chi connectivity index (χ0n) is 12.1. The maximum atomic E-state index is 12.0. The highest BCUT2D eigenvalue weighted by molar-refractivity contribution is 7.89. The van der Waals surface area contributed by atoms with Gasteiger partial charge >= 0.3 is 0 Å². The summed E-state index contributed by atoms with van der Waals surface area (Å²) in [5.41, 5.74) is 5.70. The van der Waals surface area contributed by atoms with Gasteiger partial charge in [0.15, 0.2) is 0 Å². The van der Waals surface area contributed by atoms with Crippen molar-refractivity contribution >= 4 is 28.3 Å². The van der Waals surface area contributed by atoms with Crippen LogP contribution in [0.2, 0.25) is 0 Å². The molecule has 0 saturated carbocycles. The lowest BCUT2D eigenvalue weighted by Crippen LogP contribution is -2.32. The number of sulfonamides is 1. The zero-order chi connectivity index (χ0) is 15.2. The summed E-state index contributed by atoms with van der Waals surface area (Å²) in [5, 5.41) is 2.62. The fourth-order valence-electron chi connectivity index (χ4n) is 1.49. The van der Waals surface area contributed by atoms with Gasteiger partial charge in [0.25, 0.3) is 5.91 Å². The molecule has 4 N–H and O–H groups in total. The van der Waals surface area contributed by atoms with Crippen molar-refractivity contribution in [3.63, 3.8) is 0 Å². The molecule has 0 heterocycles. The second kappa shape index (κ2) is 8.99. The highest BCUT2D eigenvalue weighted by atomic mass is 35.5. The molecule has 0 bridgehead atoms. The Hall–Kier alpha value is -1.15. The van der Waals surface area contributed by atoms with Gasteiger partial charge in [-0.3, -0.25) is 4.79 Å². The van der Waals surface area contributed by atoms with Gasteiger partial charge in [-0.05, 0) is 37.6 Å². The molecule has 0 fully saturated rings. The molecule has 0 aliphatic rings. The van der Waals surface area contributed by atoms with Crippen LogP contribution in [0.15, 0.2) is 29.2 Å². The summed E-state index contributed by atoms with van der Waals surface area (Å²) in [7, 11) is -3.53. The smallest absolute Gasteiger partial charge is 0.251 e. The third kappa shape index (κ3) is 6.01. The number of carbonyl (C=O) groups is 1. The van der Waals surface area contributed by atoms with E-state index in [0.29, 0.717) is 25.1 Å². The maximum absolute atomic E-state index is 12.0. The fraction of sp³-hybridized carbons (Fsp3) is 0.462. The van der Waals surface area contributed by atoms with Crippen LogP contribution in [0.25, 0.3) is 0 Å². The van der Waals surface area contributed by atoms with E-state index < -0.39 is 10.0 Å². The van der Waals surface area contributed by atoms with E-state index in [9.17, 15) is 13.2 Å². The Balaban J connectivity index is 0.00000400. The number of nitrogens with two attached hydrogens (primary N) is 1. The molecule has 0 saturated heterocycles. The molecule has 0 aromatic heterocycles. The number of amides is 1. The van der Waals surface area contributed by atoms with E-state index in [2.05, 4.69) is 10.0 Å². The summed E-state index contributed by atoms with van der Waals surface area (Å²) < 4.78 is 26.6. The van der Waals surface area contributed by atoms with Gasteiger partial charge in [0, 0.05) is 24.7 Å². The molecular weight excluding hydrogens is 314 g/mol. The van der Waals surface area contributed by atoms with Gasteiger partial charge in [-0.1, -0.05) is 6.92 Å². The Morgan fingerprint density at radius 1 is 1.29 bits per heavy atom. The number of hydrogen-bond donors (Lipinski definition) is 3. The van der Waals surface area contributed by atoms with Crippen molar-refractivity contribution in [2.75, 3.05) is 13.1 Å². The van der Waals surface area contributed by atoms with E-state index in [1.54, 1.807) is 6.92 Å². The molecule has 8 heteroatoms. The number of halogens is 1. The molecule has 1 amide bonds. The second-order valence-corrected chi connectivity index (χ2v) is 6.21. The largest absolute Gasteiger partial charge is 0.351 e. The first-order valence-corrected chi connectivity index (χ1v) is 7.99. The monoisotopic (exact) mass is 335 g/mol. The molecule has 1 unspecified atom stereocenters. The lowest BCUT2D eigenvalue weighted by atomic mass is 10.2. The van der Waals surface area contributed by atoms with Crippen LogP contribution in [0, 0.1) is 0 Å². The van der Waals surface area contributed by atoms with Gasteiger partial charge in [-0.2, -0.15) is 0 Å². The van der Waals surface area contributed by atoms with Crippen molar-refractivity contribution < 1.29 is 13.2 Å². The predicted octanol–water partition coefficient (Wildman–Crippen LogP) is 0.874. The summed E-state index contributed by atoms with van der Waals surface area (Å²) in [4.78, 5) is 11.8. The SMILES string of the molecule is CCC(C)NS(=O)(=O)c1ccc(C(=O)NCCN)cc1.Cl. The van der Waals surface area contributed by atoms with Gasteiger partial charge < -0.3 is 11.1 Å². The topological polar surface area (TPSA) is 101 Å². The second-order valence-electron chi connectivity index (χ2n) is 4.50. The molecule has 0 radical (unpaired) electrons. The molecule has 1 rings (SSSR count). The van der Waals surface area contributed by atoms with Crippen molar-refractivity contribution in [2.45, 2.75) is 31.2 Å². The molecule has 0 spiro atoms. The third-order valence-electron chi connectivity index (χ3n) is 2.83. The average molecular weight is 336 g/mol. The summed E-state index contributed by atoms with van der Waals surface area (Å²) in [6.45, 7) is 4.44. The normalized spacial score (nSPS) is 12.3. The first kappa shape index (κ1) is 19.9. The van der Waals surface area contributed by atoms with Gasteiger partial charge in [0.05, 0.1) is 4.90 Å². The average Bonchev–Trinajstić information content (AvgIpc) is 2.44.